The van der Waals surface area contributed by atoms with Gasteiger partial charge in [0.2, 0.25) is 0 Å². The van der Waals surface area contributed by atoms with Crippen LogP contribution in [-0.2, 0) is 14.3 Å². The van der Waals surface area contributed by atoms with Crippen LogP contribution in [0, 0.1) is 5.92 Å². The highest BCUT2D eigenvalue weighted by Crippen LogP contribution is 2.65. The van der Waals surface area contributed by atoms with Crippen LogP contribution in [0.1, 0.15) is 32.6 Å². The van der Waals surface area contributed by atoms with Gasteiger partial charge in [0.1, 0.15) is 0 Å². The number of carbonyl (C=O) groups excluding carboxylic acids is 1. The molecule has 0 aromatic rings. The summed E-state index contributed by atoms with van der Waals surface area (Å²) < 4.78 is 11.3. The molecule has 0 saturated heterocycles. The van der Waals surface area contributed by atoms with Crippen molar-refractivity contribution in [3.63, 3.8) is 0 Å². The van der Waals surface area contributed by atoms with Gasteiger partial charge >= 0.3 is 0 Å². The third-order valence-corrected chi connectivity index (χ3v) is 8.92. The zero-order valence-corrected chi connectivity index (χ0v) is 14.5. The molecule has 2 rings (SSSR count). The molecule has 0 aliphatic heterocycles. The first-order valence-electron chi connectivity index (χ1n) is 7.75. The van der Waals surface area contributed by atoms with E-state index in [1.54, 1.807) is 13.2 Å². The van der Waals surface area contributed by atoms with Gasteiger partial charge in [0.05, 0.1) is 26.5 Å². The molecule has 0 aromatic carbocycles. The Morgan fingerprint density at radius 2 is 2.05 bits per heavy atom. The Hall–Kier alpha value is -0.613. The summed E-state index contributed by atoms with van der Waals surface area (Å²) in [5.74, 6) is 1.08. The molecule has 0 spiro atoms. The van der Waals surface area contributed by atoms with E-state index in [1.807, 2.05) is 6.92 Å². The summed E-state index contributed by atoms with van der Waals surface area (Å²) in [4.78, 5) is 12.5. The van der Waals surface area contributed by atoms with Crippen molar-refractivity contribution in [3.8, 4) is 0 Å². The van der Waals surface area contributed by atoms with E-state index >= 15 is 0 Å². The number of carbonyl (C=O) groups is 1. The maximum Gasteiger partial charge on any atom is 0.164 e. The van der Waals surface area contributed by atoms with Crippen LogP contribution in [0.3, 0.4) is 0 Å². The predicted octanol–water partition coefficient (Wildman–Crippen LogP) is 3.77. The summed E-state index contributed by atoms with van der Waals surface area (Å²) in [6, 6.07) is 0. The maximum absolute atomic E-state index is 12.5. The lowest BCUT2D eigenvalue weighted by Crippen LogP contribution is -2.45. The van der Waals surface area contributed by atoms with Gasteiger partial charge < -0.3 is 9.47 Å². The van der Waals surface area contributed by atoms with Crippen LogP contribution in [0.4, 0.5) is 0 Å². The fourth-order valence-electron chi connectivity index (χ4n) is 3.75. The van der Waals surface area contributed by atoms with Crippen molar-refractivity contribution in [2.45, 2.75) is 63.4 Å². The Labute approximate surface area is 123 Å². The molecule has 3 nitrogen and oxygen atoms in total. The van der Waals surface area contributed by atoms with Crippen molar-refractivity contribution < 1.29 is 14.3 Å². The van der Waals surface area contributed by atoms with Gasteiger partial charge in [-0.05, 0) is 31.2 Å². The van der Waals surface area contributed by atoms with E-state index in [9.17, 15) is 4.79 Å². The molecule has 0 unspecified atom stereocenters. The third-order valence-electron chi connectivity index (χ3n) is 5.15. The van der Waals surface area contributed by atoms with Crippen molar-refractivity contribution in [3.05, 3.63) is 11.8 Å². The average molecular weight is 296 g/mol. The summed E-state index contributed by atoms with van der Waals surface area (Å²) in [6.07, 6.45) is 6.01. The monoisotopic (exact) mass is 296 g/mol. The van der Waals surface area contributed by atoms with Crippen LogP contribution in [0.2, 0.25) is 24.7 Å². The second kappa shape index (κ2) is 5.64. The number of ketones is 1. The molecule has 0 N–H and O–H groups in total. The van der Waals surface area contributed by atoms with Crippen molar-refractivity contribution in [2.75, 3.05) is 13.7 Å². The minimum Gasteiger partial charge on any atom is -0.498 e. The summed E-state index contributed by atoms with van der Waals surface area (Å²) in [6.45, 7) is 9.80. The largest absolute Gasteiger partial charge is 0.498 e. The molecule has 2 aliphatic carbocycles. The lowest BCUT2D eigenvalue weighted by molar-refractivity contribution is -0.124. The number of hydrogen-bond donors (Lipinski definition) is 0. The molecule has 2 aliphatic rings. The SMILES string of the molecule is CCOC1=CC(=O)[C@H]([C@@H](OC)C2([Si](C)(C)C)CC2)CC1. The van der Waals surface area contributed by atoms with Crippen LogP contribution >= 0.6 is 0 Å². The molecule has 0 amide bonds. The summed E-state index contributed by atoms with van der Waals surface area (Å²) in [7, 11) is 0.445. The van der Waals surface area contributed by atoms with E-state index in [4.69, 9.17) is 9.47 Å². The standard InChI is InChI=1S/C16H28O3Si/c1-6-19-12-7-8-13(14(17)11-12)15(18-2)16(9-10-16)20(3,4)5/h11,13,15H,6-10H2,1-5H3/t13-,15-/m1/s1. The minimum atomic E-state index is -1.33. The minimum absolute atomic E-state index is 0.0263. The van der Waals surface area contributed by atoms with Gasteiger partial charge in [0.15, 0.2) is 5.78 Å². The van der Waals surface area contributed by atoms with Crippen LogP contribution < -0.4 is 0 Å². The van der Waals surface area contributed by atoms with Crippen LogP contribution in [0.25, 0.3) is 0 Å². The highest BCUT2D eigenvalue weighted by Gasteiger charge is 2.60. The Kier molecular flexibility index (Phi) is 4.45. The van der Waals surface area contributed by atoms with Gasteiger partial charge in [-0.3, -0.25) is 4.79 Å². The quantitative estimate of drug-likeness (QED) is 0.700. The summed E-state index contributed by atoms with van der Waals surface area (Å²) in [5.41, 5.74) is 0. The molecule has 4 heteroatoms. The van der Waals surface area contributed by atoms with E-state index < -0.39 is 8.07 Å². The average Bonchev–Trinajstić information content (AvgIpc) is 3.14. The zero-order valence-electron chi connectivity index (χ0n) is 13.5. The normalized spacial score (nSPS) is 26.9. The molecule has 0 heterocycles. The fourth-order valence-corrected chi connectivity index (χ4v) is 6.55. The molecule has 0 radical (unpaired) electrons. The van der Waals surface area contributed by atoms with Gasteiger partial charge in [-0.25, -0.2) is 0 Å². The van der Waals surface area contributed by atoms with E-state index in [0.717, 1.165) is 18.6 Å². The molecule has 0 bridgehead atoms. The molecular formula is C16H28O3Si. The topological polar surface area (TPSA) is 35.5 Å². The zero-order chi connectivity index (χ0) is 15.0. The van der Waals surface area contributed by atoms with Gasteiger partial charge in [-0.2, -0.15) is 0 Å². The van der Waals surface area contributed by atoms with E-state index in [0.29, 0.717) is 11.6 Å². The van der Waals surface area contributed by atoms with Crippen molar-refractivity contribution in [1.29, 1.82) is 0 Å². The van der Waals surface area contributed by atoms with Crippen LogP contribution in [-0.4, -0.2) is 33.7 Å². The first-order valence-corrected chi connectivity index (χ1v) is 11.3. The van der Waals surface area contributed by atoms with Gasteiger partial charge in [-0.15, -0.1) is 0 Å². The number of methoxy groups -OCH3 is 1. The summed E-state index contributed by atoms with van der Waals surface area (Å²) in [5, 5.41) is 0.305. The lowest BCUT2D eigenvalue weighted by atomic mass is 9.85. The number of ether oxygens (including phenoxy) is 2. The van der Waals surface area contributed by atoms with Crippen molar-refractivity contribution in [1.82, 2.24) is 0 Å². The third kappa shape index (κ3) is 2.73. The van der Waals surface area contributed by atoms with Crippen LogP contribution in [0.5, 0.6) is 0 Å². The summed E-state index contributed by atoms with van der Waals surface area (Å²) >= 11 is 0. The van der Waals surface area contributed by atoms with Crippen molar-refractivity contribution >= 4 is 13.9 Å². The van der Waals surface area contributed by atoms with E-state index in [1.165, 1.54) is 12.8 Å². The van der Waals surface area contributed by atoms with Gasteiger partial charge in [-0.1, -0.05) is 19.6 Å². The number of hydrogen-bond acceptors (Lipinski definition) is 3. The van der Waals surface area contributed by atoms with E-state index in [2.05, 4.69) is 19.6 Å². The highest BCUT2D eigenvalue weighted by molar-refractivity contribution is 6.80. The number of allylic oxidation sites excluding steroid dienone is 2. The molecule has 2 atom stereocenters. The molecule has 20 heavy (non-hydrogen) atoms. The van der Waals surface area contributed by atoms with E-state index in [-0.39, 0.29) is 17.8 Å². The molecule has 114 valence electrons. The Bertz CT molecular complexity index is 404. The smallest absolute Gasteiger partial charge is 0.164 e. The molecular weight excluding hydrogens is 268 g/mol. The Morgan fingerprint density at radius 3 is 2.45 bits per heavy atom. The number of rotatable bonds is 6. The molecule has 0 aromatic heterocycles. The highest BCUT2D eigenvalue weighted by atomic mass is 28.3. The first-order chi connectivity index (χ1) is 9.35. The Balaban J connectivity index is 2.17. The maximum atomic E-state index is 12.5. The second-order valence-electron chi connectivity index (χ2n) is 7.15. The first kappa shape index (κ1) is 15.8. The predicted molar refractivity (Wildman–Crippen MR) is 83.5 cm³/mol. The molecule has 1 saturated carbocycles. The van der Waals surface area contributed by atoms with Crippen LogP contribution in [0.15, 0.2) is 11.8 Å². The van der Waals surface area contributed by atoms with Gasteiger partial charge in [0, 0.05) is 25.5 Å². The second-order valence-corrected chi connectivity index (χ2v) is 12.6. The lowest BCUT2D eigenvalue weighted by Gasteiger charge is -2.40. The van der Waals surface area contributed by atoms with Gasteiger partial charge in [0.25, 0.3) is 0 Å². The fraction of sp³-hybridized carbons (Fsp3) is 0.812. The van der Waals surface area contributed by atoms with Crippen molar-refractivity contribution in [2.24, 2.45) is 5.92 Å². The Morgan fingerprint density at radius 1 is 1.40 bits per heavy atom. The molecule has 1 fully saturated rings.